The van der Waals surface area contributed by atoms with Crippen LogP contribution in [0.2, 0.25) is 0 Å². The van der Waals surface area contributed by atoms with E-state index in [1.807, 2.05) is 25.7 Å². The minimum absolute atomic E-state index is 0.149. The molecule has 1 unspecified atom stereocenters. The van der Waals surface area contributed by atoms with Gasteiger partial charge in [0.05, 0.1) is 6.04 Å². The van der Waals surface area contributed by atoms with Gasteiger partial charge in [-0.1, -0.05) is 31.2 Å². The molecule has 1 N–H and O–H groups in total. The van der Waals surface area contributed by atoms with E-state index in [0.29, 0.717) is 6.54 Å². The first-order valence-corrected chi connectivity index (χ1v) is 8.17. The van der Waals surface area contributed by atoms with Crippen molar-refractivity contribution in [1.29, 1.82) is 0 Å². The van der Waals surface area contributed by atoms with Gasteiger partial charge in [0.2, 0.25) is 0 Å². The standard InChI is InChI=1S/C18H28N2O2/c1-5-14-6-8-15(9-7-14)12-16-13-19-10-11-20(16)17(21)22-18(2,3)4/h6-9,16,19H,5,10-13H2,1-4H3. The summed E-state index contributed by atoms with van der Waals surface area (Å²) in [6, 6.07) is 8.82. The Kier molecular flexibility index (Phi) is 5.46. The summed E-state index contributed by atoms with van der Waals surface area (Å²) in [5.74, 6) is 0. The van der Waals surface area contributed by atoms with Crippen LogP contribution in [0.4, 0.5) is 4.79 Å². The molecule has 0 saturated carbocycles. The highest BCUT2D eigenvalue weighted by Gasteiger charge is 2.30. The summed E-state index contributed by atoms with van der Waals surface area (Å²) in [6.45, 7) is 10.2. The van der Waals surface area contributed by atoms with Crippen LogP contribution in [0, 0.1) is 0 Å². The Balaban J connectivity index is 2.04. The number of benzene rings is 1. The molecule has 1 aromatic carbocycles. The molecule has 1 aromatic rings. The number of hydrogen-bond donors (Lipinski definition) is 1. The molecule has 1 atom stereocenters. The first-order chi connectivity index (χ1) is 10.4. The van der Waals surface area contributed by atoms with Gasteiger partial charge in [-0.3, -0.25) is 0 Å². The van der Waals surface area contributed by atoms with E-state index in [1.54, 1.807) is 0 Å². The number of nitrogens with one attached hydrogen (secondary N) is 1. The minimum Gasteiger partial charge on any atom is -0.444 e. The normalized spacial score (nSPS) is 19.1. The molecule has 0 aromatic heterocycles. The van der Waals surface area contributed by atoms with E-state index >= 15 is 0 Å². The van der Waals surface area contributed by atoms with Gasteiger partial charge in [0.1, 0.15) is 5.60 Å². The monoisotopic (exact) mass is 304 g/mol. The molecule has 0 aliphatic carbocycles. The smallest absolute Gasteiger partial charge is 0.410 e. The van der Waals surface area contributed by atoms with Gasteiger partial charge in [-0.05, 0) is 44.7 Å². The van der Waals surface area contributed by atoms with Gasteiger partial charge in [-0.15, -0.1) is 0 Å². The molecule has 1 aliphatic heterocycles. The Labute approximate surface area is 133 Å². The third-order valence-corrected chi connectivity index (χ3v) is 3.88. The van der Waals surface area contributed by atoms with Crippen molar-refractivity contribution < 1.29 is 9.53 Å². The molecule has 2 rings (SSSR count). The summed E-state index contributed by atoms with van der Waals surface area (Å²) >= 11 is 0. The molecule has 0 bridgehead atoms. The maximum atomic E-state index is 12.4. The Morgan fingerprint density at radius 1 is 1.27 bits per heavy atom. The summed E-state index contributed by atoms with van der Waals surface area (Å²) in [7, 11) is 0. The zero-order chi connectivity index (χ0) is 16.2. The van der Waals surface area contributed by atoms with E-state index in [9.17, 15) is 4.79 Å². The molecule has 0 spiro atoms. The molecule has 1 heterocycles. The van der Waals surface area contributed by atoms with Crippen molar-refractivity contribution >= 4 is 6.09 Å². The quantitative estimate of drug-likeness (QED) is 0.933. The fourth-order valence-corrected chi connectivity index (χ4v) is 2.69. The number of hydrogen-bond acceptors (Lipinski definition) is 3. The van der Waals surface area contributed by atoms with Crippen LogP contribution in [0.25, 0.3) is 0 Å². The Hall–Kier alpha value is -1.55. The summed E-state index contributed by atoms with van der Waals surface area (Å²) < 4.78 is 5.54. The van der Waals surface area contributed by atoms with Crippen LogP contribution >= 0.6 is 0 Å². The van der Waals surface area contributed by atoms with Crippen molar-refractivity contribution in [3.05, 3.63) is 35.4 Å². The summed E-state index contributed by atoms with van der Waals surface area (Å²) in [5, 5.41) is 3.38. The highest BCUT2D eigenvalue weighted by atomic mass is 16.6. The van der Waals surface area contributed by atoms with Crippen molar-refractivity contribution in [3.63, 3.8) is 0 Å². The van der Waals surface area contributed by atoms with Crippen molar-refractivity contribution in [2.45, 2.75) is 52.2 Å². The molecule has 22 heavy (non-hydrogen) atoms. The van der Waals surface area contributed by atoms with E-state index in [0.717, 1.165) is 25.9 Å². The lowest BCUT2D eigenvalue weighted by Crippen LogP contribution is -2.55. The number of ether oxygens (including phenoxy) is 1. The number of carbonyl (C=O) groups excluding carboxylic acids is 1. The molecule has 1 fully saturated rings. The summed E-state index contributed by atoms with van der Waals surface area (Å²) in [5.41, 5.74) is 2.16. The topological polar surface area (TPSA) is 41.6 Å². The third-order valence-electron chi connectivity index (χ3n) is 3.88. The number of rotatable bonds is 3. The number of aryl methyl sites for hydroxylation is 1. The molecular weight excluding hydrogens is 276 g/mol. The van der Waals surface area contributed by atoms with Crippen LogP contribution in [-0.2, 0) is 17.6 Å². The highest BCUT2D eigenvalue weighted by molar-refractivity contribution is 5.68. The summed E-state index contributed by atoms with van der Waals surface area (Å²) in [4.78, 5) is 14.3. The fourth-order valence-electron chi connectivity index (χ4n) is 2.69. The van der Waals surface area contributed by atoms with Crippen LogP contribution in [0.5, 0.6) is 0 Å². The van der Waals surface area contributed by atoms with Crippen molar-refractivity contribution in [3.8, 4) is 0 Å². The minimum atomic E-state index is -0.449. The van der Waals surface area contributed by atoms with Gasteiger partial charge < -0.3 is 15.0 Å². The predicted molar refractivity (Wildman–Crippen MR) is 89.1 cm³/mol. The number of amides is 1. The van der Waals surface area contributed by atoms with Gasteiger partial charge in [0, 0.05) is 19.6 Å². The second-order valence-electron chi connectivity index (χ2n) is 6.91. The van der Waals surface area contributed by atoms with Crippen LogP contribution in [0.15, 0.2) is 24.3 Å². The van der Waals surface area contributed by atoms with Crippen LogP contribution in [0.1, 0.15) is 38.8 Å². The van der Waals surface area contributed by atoms with E-state index in [4.69, 9.17) is 4.74 Å². The van der Waals surface area contributed by atoms with Crippen molar-refractivity contribution in [2.24, 2.45) is 0 Å². The predicted octanol–water partition coefficient (Wildman–Crippen LogP) is 3.00. The first-order valence-electron chi connectivity index (χ1n) is 8.17. The van der Waals surface area contributed by atoms with Crippen LogP contribution < -0.4 is 5.32 Å². The average molecular weight is 304 g/mol. The summed E-state index contributed by atoms with van der Waals surface area (Å²) in [6.07, 6.45) is 1.70. The maximum absolute atomic E-state index is 12.4. The Morgan fingerprint density at radius 2 is 1.91 bits per heavy atom. The zero-order valence-electron chi connectivity index (χ0n) is 14.2. The van der Waals surface area contributed by atoms with Gasteiger partial charge in [0.25, 0.3) is 0 Å². The second-order valence-corrected chi connectivity index (χ2v) is 6.91. The molecule has 1 amide bonds. The number of carbonyl (C=O) groups is 1. The van der Waals surface area contributed by atoms with Crippen molar-refractivity contribution in [2.75, 3.05) is 19.6 Å². The molecule has 0 radical (unpaired) electrons. The van der Waals surface area contributed by atoms with E-state index < -0.39 is 5.60 Å². The zero-order valence-corrected chi connectivity index (χ0v) is 14.2. The molecular formula is C18H28N2O2. The van der Waals surface area contributed by atoms with Gasteiger partial charge >= 0.3 is 6.09 Å². The lowest BCUT2D eigenvalue weighted by Gasteiger charge is -2.37. The average Bonchev–Trinajstić information content (AvgIpc) is 2.47. The van der Waals surface area contributed by atoms with Crippen molar-refractivity contribution in [1.82, 2.24) is 10.2 Å². The SMILES string of the molecule is CCc1ccc(CC2CNCCN2C(=O)OC(C)(C)C)cc1. The van der Waals surface area contributed by atoms with Crippen LogP contribution in [0.3, 0.4) is 0 Å². The Bertz CT molecular complexity index is 491. The van der Waals surface area contributed by atoms with Gasteiger partial charge in [0.15, 0.2) is 0 Å². The third kappa shape index (κ3) is 4.73. The maximum Gasteiger partial charge on any atom is 0.410 e. The fraction of sp³-hybridized carbons (Fsp3) is 0.611. The van der Waals surface area contributed by atoms with Gasteiger partial charge in [-0.2, -0.15) is 0 Å². The molecule has 122 valence electrons. The lowest BCUT2D eigenvalue weighted by atomic mass is 10.0. The van der Waals surface area contributed by atoms with Crippen LogP contribution in [-0.4, -0.2) is 42.3 Å². The van der Waals surface area contributed by atoms with Gasteiger partial charge in [-0.25, -0.2) is 4.79 Å². The Morgan fingerprint density at radius 3 is 2.50 bits per heavy atom. The molecule has 1 aliphatic rings. The largest absolute Gasteiger partial charge is 0.444 e. The lowest BCUT2D eigenvalue weighted by molar-refractivity contribution is 0.0122. The molecule has 4 heteroatoms. The van der Waals surface area contributed by atoms with E-state index in [1.165, 1.54) is 11.1 Å². The van der Waals surface area contributed by atoms with E-state index in [2.05, 4.69) is 36.5 Å². The number of piperazine rings is 1. The molecule has 1 saturated heterocycles. The highest BCUT2D eigenvalue weighted by Crippen LogP contribution is 2.16. The van der Waals surface area contributed by atoms with E-state index in [-0.39, 0.29) is 12.1 Å². The number of nitrogens with zero attached hydrogens (tertiary/aromatic N) is 1. The molecule has 4 nitrogen and oxygen atoms in total. The first kappa shape index (κ1) is 16.8. The second kappa shape index (κ2) is 7.14.